The third-order valence-electron chi connectivity index (χ3n) is 2.58. The minimum Gasteiger partial charge on any atom is -0.397 e. The van der Waals surface area contributed by atoms with Gasteiger partial charge in [-0.05, 0) is 13.0 Å². The Balaban J connectivity index is 2.69. The number of carbonyl (C=O) groups is 1. The van der Waals surface area contributed by atoms with E-state index in [2.05, 4.69) is 5.32 Å². The van der Waals surface area contributed by atoms with E-state index in [4.69, 9.17) is 5.73 Å². The summed E-state index contributed by atoms with van der Waals surface area (Å²) in [5.41, 5.74) is 6.35. The first kappa shape index (κ1) is 13.8. The Labute approximate surface area is 105 Å². The van der Waals surface area contributed by atoms with Crippen LogP contribution in [0.4, 0.5) is 17.1 Å². The van der Waals surface area contributed by atoms with Gasteiger partial charge in [0, 0.05) is 25.7 Å². The molecule has 98 valence electrons. The van der Waals surface area contributed by atoms with E-state index < -0.39 is 4.92 Å². The topological polar surface area (TPSA) is 102 Å². The molecule has 7 nitrogen and oxygen atoms in total. The van der Waals surface area contributed by atoms with Crippen LogP contribution < -0.4 is 11.1 Å². The van der Waals surface area contributed by atoms with E-state index in [9.17, 15) is 14.9 Å². The number of amides is 1. The second-order valence-corrected chi connectivity index (χ2v) is 3.79. The number of hydrogen-bond donors (Lipinski definition) is 2. The standard InChI is InChI=1S/C11H16N4O3/c1-3-14(2)11(16)7-13-10-5-4-8(15(17)18)6-9(10)12/h4-6,13H,3,7,12H2,1-2H3. The number of hydrogen-bond acceptors (Lipinski definition) is 5. The number of non-ortho nitro benzene ring substituents is 1. The molecule has 0 aliphatic heterocycles. The first-order valence-corrected chi connectivity index (χ1v) is 5.47. The third kappa shape index (κ3) is 3.34. The van der Waals surface area contributed by atoms with Crippen molar-refractivity contribution in [2.24, 2.45) is 0 Å². The molecule has 0 saturated heterocycles. The van der Waals surface area contributed by atoms with Crippen molar-refractivity contribution < 1.29 is 9.72 Å². The van der Waals surface area contributed by atoms with E-state index >= 15 is 0 Å². The quantitative estimate of drug-likeness (QED) is 0.463. The average Bonchev–Trinajstić information content (AvgIpc) is 2.35. The Hall–Kier alpha value is -2.31. The maximum absolute atomic E-state index is 11.5. The number of nitrogens with two attached hydrogens (primary N) is 1. The molecule has 0 aromatic heterocycles. The molecule has 0 spiro atoms. The van der Waals surface area contributed by atoms with Gasteiger partial charge in [0.05, 0.1) is 22.8 Å². The first-order valence-electron chi connectivity index (χ1n) is 5.47. The molecule has 1 amide bonds. The minimum absolute atomic E-state index is 0.0738. The lowest BCUT2D eigenvalue weighted by atomic mass is 10.2. The summed E-state index contributed by atoms with van der Waals surface area (Å²) in [4.78, 5) is 23.1. The number of nitrogens with one attached hydrogen (secondary N) is 1. The summed E-state index contributed by atoms with van der Waals surface area (Å²) >= 11 is 0. The van der Waals surface area contributed by atoms with Crippen molar-refractivity contribution >= 4 is 23.0 Å². The number of nitrogens with zero attached hydrogens (tertiary/aromatic N) is 2. The van der Waals surface area contributed by atoms with Gasteiger partial charge in [0.25, 0.3) is 5.69 Å². The molecule has 0 bridgehead atoms. The van der Waals surface area contributed by atoms with Crippen LogP contribution in [0.15, 0.2) is 18.2 Å². The van der Waals surface area contributed by atoms with Gasteiger partial charge < -0.3 is 16.0 Å². The molecular weight excluding hydrogens is 236 g/mol. The van der Waals surface area contributed by atoms with Crippen molar-refractivity contribution in [3.63, 3.8) is 0 Å². The van der Waals surface area contributed by atoms with Gasteiger partial charge in [0.15, 0.2) is 0 Å². The summed E-state index contributed by atoms with van der Waals surface area (Å²) in [5, 5.41) is 13.4. The average molecular weight is 252 g/mol. The molecule has 7 heteroatoms. The molecular formula is C11H16N4O3. The lowest BCUT2D eigenvalue weighted by Gasteiger charge is -2.15. The SMILES string of the molecule is CCN(C)C(=O)CNc1ccc([N+](=O)[O-])cc1N. The lowest BCUT2D eigenvalue weighted by molar-refractivity contribution is -0.384. The van der Waals surface area contributed by atoms with E-state index in [0.29, 0.717) is 12.2 Å². The summed E-state index contributed by atoms with van der Waals surface area (Å²) < 4.78 is 0. The van der Waals surface area contributed by atoms with Gasteiger partial charge >= 0.3 is 0 Å². The number of rotatable bonds is 5. The fourth-order valence-corrected chi connectivity index (χ4v) is 1.31. The van der Waals surface area contributed by atoms with Crippen LogP contribution >= 0.6 is 0 Å². The fraction of sp³-hybridized carbons (Fsp3) is 0.364. The largest absolute Gasteiger partial charge is 0.397 e. The number of nitrogen functional groups attached to an aromatic ring is 1. The van der Waals surface area contributed by atoms with Gasteiger partial charge in [-0.25, -0.2) is 0 Å². The van der Waals surface area contributed by atoms with Gasteiger partial charge in [-0.2, -0.15) is 0 Å². The summed E-state index contributed by atoms with van der Waals surface area (Å²) in [6.07, 6.45) is 0. The van der Waals surface area contributed by atoms with Gasteiger partial charge in [-0.1, -0.05) is 0 Å². The Morgan fingerprint density at radius 3 is 2.72 bits per heavy atom. The molecule has 0 unspecified atom stereocenters. The second-order valence-electron chi connectivity index (χ2n) is 3.79. The molecule has 3 N–H and O–H groups in total. The molecule has 0 saturated carbocycles. The van der Waals surface area contributed by atoms with E-state index in [0.717, 1.165) is 0 Å². The third-order valence-corrected chi connectivity index (χ3v) is 2.58. The van der Waals surface area contributed by atoms with Crippen molar-refractivity contribution in [2.75, 3.05) is 31.2 Å². The zero-order valence-electron chi connectivity index (χ0n) is 10.3. The van der Waals surface area contributed by atoms with Crippen LogP contribution in [0.5, 0.6) is 0 Å². The van der Waals surface area contributed by atoms with Crippen LogP contribution in [0.1, 0.15) is 6.92 Å². The highest BCUT2D eigenvalue weighted by Gasteiger charge is 2.10. The smallest absolute Gasteiger partial charge is 0.271 e. The summed E-state index contributed by atoms with van der Waals surface area (Å²) in [6.45, 7) is 2.60. The molecule has 0 atom stereocenters. The Bertz CT molecular complexity index is 462. The van der Waals surface area contributed by atoms with Gasteiger partial charge in [-0.3, -0.25) is 14.9 Å². The summed E-state index contributed by atoms with van der Waals surface area (Å²) in [6, 6.07) is 4.09. The van der Waals surface area contributed by atoms with E-state index in [1.807, 2.05) is 6.92 Å². The van der Waals surface area contributed by atoms with Crippen molar-refractivity contribution in [1.29, 1.82) is 0 Å². The second kappa shape index (κ2) is 5.85. The highest BCUT2D eigenvalue weighted by atomic mass is 16.6. The summed E-state index contributed by atoms with van der Waals surface area (Å²) in [5.74, 6) is -0.0738. The maximum atomic E-state index is 11.5. The molecule has 0 aliphatic carbocycles. The van der Waals surface area contributed by atoms with Crippen LogP contribution in [-0.2, 0) is 4.79 Å². The zero-order chi connectivity index (χ0) is 13.7. The molecule has 0 fully saturated rings. The zero-order valence-corrected chi connectivity index (χ0v) is 10.3. The fourth-order valence-electron chi connectivity index (χ4n) is 1.31. The molecule has 0 aliphatic rings. The van der Waals surface area contributed by atoms with Crippen molar-refractivity contribution in [1.82, 2.24) is 4.90 Å². The van der Waals surface area contributed by atoms with Crippen LogP contribution in [0, 0.1) is 10.1 Å². The van der Waals surface area contributed by atoms with E-state index in [-0.39, 0.29) is 23.8 Å². The summed E-state index contributed by atoms with van der Waals surface area (Å²) in [7, 11) is 1.70. The molecule has 18 heavy (non-hydrogen) atoms. The van der Waals surface area contributed by atoms with E-state index in [1.165, 1.54) is 18.2 Å². The van der Waals surface area contributed by atoms with Crippen LogP contribution in [-0.4, -0.2) is 35.9 Å². The maximum Gasteiger partial charge on any atom is 0.271 e. The normalized spacial score (nSPS) is 9.89. The Kier molecular flexibility index (Phi) is 4.47. The predicted molar refractivity (Wildman–Crippen MR) is 69.3 cm³/mol. The molecule has 1 aromatic rings. The van der Waals surface area contributed by atoms with Crippen molar-refractivity contribution in [3.8, 4) is 0 Å². The minimum atomic E-state index is -0.518. The lowest BCUT2D eigenvalue weighted by Crippen LogP contribution is -2.32. The van der Waals surface area contributed by atoms with Gasteiger partial charge in [0.1, 0.15) is 0 Å². The molecule has 1 aromatic carbocycles. The number of carbonyl (C=O) groups excluding carboxylic acids is 1. The number of nitro groups is 1. The van der Waals surface area contributed by atoms with Crippen LogP contribution in [0.25, 0.3) is 0 Å². The monoisotopic (exact) mass is 252 g/mol. The molecule has 0 heterocycles. The highest BCUT2D eigenvalue weighted by Crippen LogP contribution is 2.23. The van der Waals surface area contributed by atoms with Gasteiger partial charge in [0.2, 0.25) is 5.91 Å². The van der Waals surface area contributed by atoms with Crippen LogP contribution in [0.2, 0.25) is 0 Å². The molecule has 1 rings (SSSR count). The number of nitro benzene ring substituents is 1. The molecule has 0 radical (unpaired) electrons. The van der Waals surface area contributed by atoms with Crippen molar-refractivity contribution in [2.45, 2.75) is 6.92 Å². The highest BCUT2D eigenvalue weighted by molar-refractivity contribution is 5.82. The Morgan fingerprint density at radius 2 is 2.22 bits per heavy atom. The number of benzene rings is 1. The number of likely N-dealkylation sites (N-methyl/N-ethyl adjacent to an activating group) is 1. The van der Waals surface area contributed by atoms with Gasteiger partial charge in [-0.15, -0.1) is 0 Å². The predicted octanol–water partition coefficient (Wildman–Crippen LogP) is 1.07. The van der Waals surface area contributed by atoms with Crippen LogP contribution in [0.3, 0.4) is 0 Å². The van der Waals surface area contributed by atoms with Crippen molar-refractivity contribution in [3.05, 3.63) is 28.3 Å². The first-order chi connectivity index (χ1) is 8.45. The number of anilines is 2. The Morgan fingerprint density at radius 1 is 1.56 bits per heavy atom. The van der Waals surface area contributed by atoms with E-state index in [1.54, 1.807) is 11.9 Å².